The first-order valence-corrected chi connectivity index (χ1v) is 7.54. The molecule has 0 aliphatic heterocycles. The van der Waals surface area contributed by atoms with Gasteiger partial charge >= 0.3 is 0 Å². The highest BCUT2D eigenvalue weighted by Crippen LogP contribution is 2.29. The van der Waals surface area contributed by atoms with Crippen molar-refractivity contribution in [2.75, 3.05) is 25.6 Å². The molecule has 1 unspecified atom stereocenters. The fourth-order valence-electron chi connectivity index (χ4n) is 1.79. The van der Waals surface area contributed by atoms with Gasteiger partial charge in [0.15, 0.2) is 5.13 Å². The molecule has 0 fully saturated rings. The van der Waals surface area contributed by atoms with Crippen LogP contribution in [0.1, 0.15) is 13.3 Å². The minimum absolute atomic E-state index is 0.254. The molecule has 0 aliphatic carbocycles. The number of rotatable bonds is 7. The van der Waals surface area contributed by atoms with E-state index in [1.807, 2.05) is 25.1 Å². The summed E-state index contributed by atoms with van der Waals surface area (Å²) in [5, 5.41) is 3.28. The van der Waals surface area contributed by atoms with Gasteiger partial charge < -0.3 is 20.5 Å². The number of nitrogens with zero attached hydrogens (tertiary/aromatic N) is 1. The highest BCUT2D eigenvalue weighted by atomic mass is 32.1. The predicted molar refractivity (Wildman–Crippen MR) is 83.9 cm³/mol. The van der Waals surface area contributed by atoms with E-state index in [-0.39, 0.29) is 5.91 Å². The summed E-state index contributed by atoms with van der Waals surface area (Å²) in [6, 6.07) is 5.05. The Balaban J connectivity index is 2.06. The number of nitrogens with two attached hydrogens (primary N) is 1. The molecule has 1 heterocycles. The summed E-state index contributed by atoms with van der Waals surface area (Å²) < 4.78 is 11.3. The van der Waals surface area contributed by atoms with Gasteiger partial charge in [-0.05, 0) is 31.5 Å². The Hall–Kier alpha value is -1.70. The van der Waals surface area contributed by atoms with Gasteiger partial charge in [-0.3, -0.25) is 4.79 Å². The van der Waals surface area contributed by atoms with Crippen LogP contribution in [0.4, 0.5) is 5.13 Å². The summed E-state index contributed by atoms with van der Waals surface area (Å²) in [5.74, 6) is 0.541. The van der Waals surface area contributed by atoms with Gasteiger partial charge in [0.05, 0.1) is 22.9 Å². The number of anilines is 1. The van der Waals surface area contributed by atoms with Crippen LogP contribution in [0.5, 0.6) is 5.75 Å². The van der Waals surface area contributed by atoms with Gasteiger partial charge in [-0.1, -0.05) is 11.3 Å². The minimum Gasteiger partial charge on any atom is -0.494 e. The zero-order valence-electron chi connectivity index (χ0n) is 12.1. The second kappa shape index (κ2) is 7.35. The van der Waals surface area contributed by atoms with Crippen LogP contribution >= 0.6 is 11.3 Å². The van der Waals surface area contributed by atoms with Crippen LogP contribution < -0.4 is 15.8 Å². The van der Waals surface area contributed by atoms with E-state index in [9.17, 15) is 4.79 Å². The number of fused-ring (bicyclic) bond motifs is 1. The lowest BCUT2D eigenvalue weighted by atomic mass is 10.2. The molecule has 0 radical (unpaired) electrons. The third-order valence-electron chi connectivity index (χ3n) is 2.87. The van der Waals surface area contributed by atoms with E-state index in [0.29, 0.717) is 24.8 Å². The number of aromatic nitrogens is 1. The highest BCUT2D eigenvalue weighted by Gasteiger charge is 2.15. The molecule has 1 amide bonds. The number of thiazole rings is 1. The van der Waals surface area contributed by atoms with Crippen LogP contribution in [-0.2, 0) is 9.53 Å². The smallest absolute Gasteiger partial charge is 0.243 e. The van der Waals surface area contributed by atoms with E-state index in [1.165, 1.54) is 11.3 Å². The molecule has 114 valence electrons. The fourth-order valence-corrected chi connectivity index (χ4v) is 2.69. The Labute approximate surface area is 127 Å². The van der Waals surface area contributed by atoms with Crippen LogP contribution in [0.3, 0.4) is 0 Å². The Morgan fingerprint density at radius 3 is 3.05 bits per heavy atom. The summed E-state index contributed by atoms with van der Waals surface area (Å²) in [6.45, 7) is 3.00. The topological polar surface area (TPSA) is 86.5 Å². The van der Waals surface area contributed by atoms with Crippen molar-refractivity contribution in [3.05, 3.63) is 18.2 Å². The van der Waals surface area contributed by atoms with Crippen molar-refractivity contribution < 1.29 is 14.3 Å². The van der Waals surface area contributed by atoms with E-state index < -0.39 is 6.04 Å². The van der Waals surface area contributed by atoms with Crippen LogP contribution in [-0.4, -0.2) is 37.3 Å². The first kappa shape index (κ1) is 15.7. The van der Waals surface area contributed by atoms with Crippen LogP contribution in [0.25, 0.3) is 10.2 Å². The molecule has 0 saturated heterocycles. The van der Waals surface area contributed by atoms with Gasteiger partial charge in [-0.2, -0.15) is 0 Å². The molecular formula is C14H19N3O3S. The van der Waals surface area contributed by atoms with E-state index in [4.69, 9.17) is 15.2 Å². The Kier molecular flexibility index (Phi) is 5.49. The van der Waals surface area contributed by atoms with Crippen LogP contribution in [0.15, 0.2) is 18.2 Å². The lowest BCUT2D eigenvalue weighted by Gasteiger charge is -2.09. The van der Waals surface area contributed by atoms with Crippen LogP contribution in [0, 0.1) is 0 Å². The Bertz CT molecular complexity index is 615. The first-order valence-electron chi connectivity index (χ1n) is 6.72. The van der Waals surface area contributed by atoms with Crippen molar-refractivity contribution in [2.45, 2.75) is 19.4 Å². The first-order chi connectivity index (χ1) is 10.1. The molecule has 0 saturated carbocycles. The molecule has 1 aromatic carbocycles. The van der Waals surface area contributed by atoms with Crippen molar-refractivity contribution in [3.63, 3.8) is 0 Å². The number of hydrogen-bond donors (Lipinski definition) is 2. The largest absolute Gasteiger partial charge is 0.494 e. The Morgan fingerprint density at radius 2 is 2.33 bits per heavy atom. The van der Waals surface area contributed by atoms with Crippen molar-refractivity contribution >= 4 is 32.6 Å². The highest BCUT2D eigenvalue weighted by molar-refractivity contribution is 7.22. The molecule has 0 bridgehead atoms. The number of benzene rings is 1. The SMILES string of the molecule is CCOc1ccc2nc(NC(=O)C(N)CCOC)sc2c1. The standard InChI is InChI=1S/C14H19N3O3S/c1-3-20-9-4-5-11-12(8-9)21-14(16-11)17-13(18)10(15)6-7-19-2/h4-5,8,10H,3,6-7,15H2,1-2H3,(H,16,17,18). The molecule has 7 heteroatoms. The summed E-state index contributed by atoms with van der Waals surface area (Å²) in [4.78, 5) is 16.3. The van der Waals surface area contributed by atoms with E-state index in [2.05, 4.69) is 10.3 Å². The Morgan fingerprint density at radius 1 is 1.52 bits per heavy atom. The predicted octanol–water partition coefficient (Wildman–Crippen LogP) is 2.00. The third-order valence-corrected chi connectivity index (χ3v) is 3.80. The van der Waals surface area contributed by atoms with Crippen molar-refractivity contribution in [1.82, 2.24) is 4.98 Å². The lowest BCUT2D eigenvalue weighted by molar-refractivity contribution is -0.117. The van der Waals surface area contributed by atoms with Gasteiger partial charge in [0, 0.05) is 13.7 Å². The average Bonchev–Trinajstić information content (AvgIpc) is 2.86. The second-order valence-electron chi connectivity index (χ2n) is 4.46. The van der Waals surface area contributed by atoms with E-state index >= 15 is 0 Å². The quantitative estimate of drug-likeness (QED) is 0.817. The van der Waals surface area contributed by atoms with E-state index in [0.717, 1.165) is 16.0 Å². The van der Waals surface area contributed by atoms with Crippen molar-refractivity contribution in [3.8, 4) is 5.75 Å². The van der Waals surface area contributed by atoms with Gasteiger partial charge in [-0.15, -0.1) is 0 Å². The van der Waals surface area contributed by atoms with Gasteiger partial charge in [0.25, 0.3) is 0 Å². The van der Waals surface area contributed by atoms with Gasteiger partial charge in [0.1, 0.15) is 5.75 Å². The zero-order valence-corrected chi connectivity index (χ0v) is 12.9. The monoisotopic (exact) mass is 309 g/mol. The van der Waals surface area contributed by atoms with Gasteiger partial charge in [0.2, 0.25) is 5.91 Å². The van der Waals surface area contributed by atoms with Crippen molar-refractivity contribution in [1.29, 1.82) is 0 Å². The maximum absolute atomic E-state index is 11.9. The molecule has 1 aromatic heterocycles. The lowest BCUT2D eigenvalue weighted by Crippen LogP contribution is -2.36. The summed E-state index contributed by atoms with van der Waals surface area (Å²) in [5.41, 5.74) is 6.60. The number of carbonyl (C=O) groups excluding carboxylic acids is 1. The second-order valence-corrected chi connectivity index (χ2v) is 5.49. The molecule has 21 heavy (non-hydrogen) atoms. The summed E-state index contributed by atoms with van der Waals surface area (Å²) in [6.07, 6.45) is 0.474. The molecule has 2 aromatic rings. The minimum atomic E-state index is -0.601. The average molecular weight is 309 g/mol. The maximum Gasteiger partial charge on any atom is 0.243 e. The number of ether oxygens (including phenoxy) is 2. The number of amides is 1. The van der Waals surface area contributed by atoms with E-state index in [1.54, 1.807) is 7.11 Å². The number of nitrogens with one attached hydrogen (secondary N) is 1. The molecule has 6 nitrogen and oxygen atoms in total. The molecule has 3 N–H and O–H groups in total. The number of hydrogen-bond acceptors (Lipinski definition) is 6. The molecule has 0 spiro atoms. The van der Waals surface area contributed by atoms with Crippen LogP contribution in [0.2, 0.25) is 0 Å². The zero-order chi connectivity index (χ0) is 15.2. The number of methoxy groups -OCH3 is 1. The maximum atomic E-state index is 11.9. The fraction of sp³-hybridized carbons (Fsp3) is 0.429. The molecule has 1 atom stereocenters. The normalized spacial score (nSPS) is 12.3. The van der Waals surface area contributed by atoms with Crippen molar-refractivity contribution in [2.24, 2.45) is 5.73 Å². The third kappa shape index (κ3) is 4.13. The molecule has 0 aliphatic rings. The molecule has 2 rings (SSSR count). The van der Waals surface area contributed by atoms with Gasteiger partial charge in [-0.25, -0.2) is 4.98 Å². The summed E-state index contributed by atoms with van der Waals surface area (Å²) >= 11 is 1.40. The molecular weight excluding hydrogens is 290 g/mol. The number of carbonyl (C=O) groups is 1. The summed E-state index contributed by atoms with van der Waals surface area (Å²) in [7, 11) is 1.58.